The van der Waals surface area contributed by atoms with Gasteiger partial charge in [0, 0.05) is 36.5 Å². The summed E-state index contributed by atoms with van der Waals surface area (Å²) in [4.78, 5) is 25.4. The molecule has 0 fully saturated rings. The van der Waals surface area contributed by atoms with Crippen LogP contribution in [0.25, 0.3) is 0 Å². The van der Waals surface area contributed by atoms with Gasteiger partial charge in [0.05, 0.1) is 0 Å². The molecule has 1 aromatic heterocycles. The van der Waals surface area contributed by atoms with Crippen molar-refractivity contribution in [2.45, 2.75) is 20.3 Å². The first kappa shape index (κ1) is 13.4. The first-order valence-electron chi connectivity index (χ1n) is 6.79. The number of fused-ring (bicyclic) bond motifs is 1. The molecule has 3 rings (SSSR count). The molecule has 1 aliphatic rings. The van der Waals surface area contributed by atoms with E-state index in [1.165, 1.54) is 0 Å². The Kier molecular flexibility index (Phi) is 3.21. The number of amides is 2. The number of rotatable bonds is 2. The molecule has 21 heavy (non-hydrogen) atoms. The lowest BCUT2D eigenvalue weighted by molar-refractivity contribution is -0.116. The maximum Gasteiger partial charge on any atom is 0.256 e. The quantitative estimate of drug-likeness (QED) is 0.883. The van der Waals surface area contributed by atoms with Crippen molar-refractivity contribution in [3.8, 4) is 0 Å². The molecule has 6 heteroatoms. The fraction of sp³-hybridized carbons (Fsp3) is 0.267. The van der Waals surface area contributed by atoms with Crippen molar-refractivity contribution in [3.05, 3.63) is 41.1 Å². The molecule has 2 heterocycles. The van der Waals surface area contributed by atoms with Crippen molar-refractivity contribution in [1.82, 2.24) is 10.2 Å². The highest BCUT2D eigenvalue weighted by Gasteiger charge is 2.23. The van der Waals surface area contributed by atoms with Crippen LogP contribution in [-0.2, 0) is 11.2 Å². The fourth-order valence-corrected chi connectivity index (χ4v) is 2.54. The SMILES string of the molecule is CC(=O)N1CCc2cc(C(=O)Nc3cc(C)[nH]n3)ccc21. The summed E-state index contributed by atoms with van der Waals surface area (Å²) in [6.45, 7) is 4.10. The number of carbonyl (C=O) groups is 2. The van der Waals surface area contributed by atoms with Crippen molar-refractivity contribution in [3.63, 3.8) is 0 Å². The number of nitrogens with zero attached hydrogens (tertiary/aromatic N) is 2. The van der Waals surface area contributed by atoms with Gasteiger partial charge < -0.3 is 10.2 Å². The summed E-state index contributed by atoms with van der Waals surface area (Å²) in [6.07, 6.45) is 0.775. The summed E-state index contributed by atoms with van der Waals surface area (Å²) in [5.41, 5.74) is 3.38. The summed E-state index contributed by atoms with van der Waals surface area (Å²) in [6, 6.07) is 7.17. The van der Waals surface area contributed by atoms with E-state index < -0.39 is 0 Å². The maximum absolute atomic E-state index is 12.2. The Hall–Kier alpha value is -2.63. The van der Waals surface area contributed by atoms with E-state index in [0.29, 0.717) is 17.9 Å². The molecule has 1 aliphatic heterocycles. The zero-order valence-corrected chi connectivity index (χ0v) is 11.9. The molecular weight excluding hydrogens is 268 g/mol. The van der Waals surface area contributed by atoms with Gasteiger partial charge in [-0.25, -0.2) is 0 Å². The fourth-order valence-electron chi connectivity index (χ4n) is 2.54. The maximum atomic E-state index is 12.2. The van der Waals surface area contributed by atoms with E-state index in [1.807, 2.05) is 19.1 Å². The van der Waals surface area contributed by atoms with Crippen LogP contribution in [0.2, 0.25) is 0 Å². The van der Waals surface area contributed by atoms with Gasteiger partial charge in [-0.1, -0.05) is 0 Å². The largest absolute Gasteiger partial charge is 0.312 e. The molecule has 6 nitrogen and oxygen atoms in total. The van der Waals surface area contributed by atoms with Crippen LogP contribution in [0.4, 0.5) is 11.5 Å². The molecule has 0 bridgehead atoms. The van der Waals surface area contributed by atoms with Gasteiger partial charge in [-0.05, 0) is 37.1 Å². The molecule has 0 atom stereocenters. The average molecular weight is 284 g/mol. The van der Waals surface area contributed by atoms with Gasteiger partial charge in [0.25, 0.3) is 5.91 Å². The molecule has 2 N–H and O–H groups in total. The van der Waals surface area contributed by atoms with Gasteiger partial charge >= 0.3 is 0 Å². The van der Waals surface area contributed by atoms with Crippen molar-refractivity contribution in [1.29, 1.82) is 0 Å². The predicted molar refractivity (Wildman–Crippen MR) is 79.5 cm³/mol. The summed E-state index contributed by atoms with van der Waals surface area (Å²) in [5.74, 6) is 0.326. The number of aryl methyl sites for hydroxylation is 1. The third-order valence-corrected chi connectivity index (χ3v) is 3.56. The molecule has 0 aliphatic carbocycles. The Morgan fingerprint density at radius 2 is 2.14 bits per heavy atom. The van der Waals surface area contributed by atoms with Crippen LogP contribution in [-0.4, -0.2) is 28.6 Å². The first-order chi connectivity index (χ1) is 10.0. The van der Waals surface area contributed by atoms with Crippen molar-refractivity contribution in [2.75, 3.05) is 16.8 Å². The van der Waals surface area contributed by atoms with E-state index in [0.717, 1.165) is 23.4 Å². The Morgan fingerprint density at radius 1 is 1.33 bits per heavy atom. The third kappa shape index (κ3) is 2.52. The second-order valence-corrected chi connectivity index (χ2v) is 5.15. The van der Waals surface area contributed by atoms with Crippen LogP contribution in [0.15, 0.2) is 24.3 Å². The van der Waals surface area contributed by atoms with Gasteiger partial charge in [-0.15, -0.1) is 0 Å². The summed E-state index contributed by atoms with van der Waals surface area (Å²) in [7, 11) is 0. The highest BCUT2D eigenvalue weighted by atomic mass is 16.2. The molecule has 2 aromatic rings. The lowest BCUT2D eigenvalue weighted by atomic mass is 10.1. The molecule has 2 amide bonds. The number of hydrogen-bond donors (Lipinski definition) is 2. The summed E-state index contributed by atoms with van der Waals surface area (Å²) < 4.78 is 0. The molecule has 108 valence electrons. The minimum absolute atomic E-state index is 0.0259. The highest BCUT2D eigenvalue weighted by molar-refractivity contribution is 6.04. The van der Waals surface area contributed by atoms with E-state index in [4.69, 9.17) is 0 Å². The lowest BCUT2D eigenvalue weighted by Gasteiger charge is -2.14. The van der Waals surface area contributed by atoms with Gasteiger partial charge in [0.2, 0.25) is 5.91 Å². The Morgan fingerprint density at radius 3 is 2.81 bits per heavy atom. The molecule has 0 saturated heterocycles. The van der Waals surface area contributed by atoms with Crippen LogP contribution in [0.3, 0.4) is 0 Å². The van der Waals surface area contributed by atoms with Crippen LogP contribution in [0.1, 0.15) is 28.5 Å². The number of aromatic amines is 1. The smallest absolute Gasteiger partial charge is 0.256 e. The van der Waals surface area contributed by atoms with Gasteiger partial charge in [0.1, 0.15) is 0 Å². The number of aromatic nitrogens is 2. The van der Waals surface area contributed by atoms with Crippen molar-refractivity contribution >= 4 is 23.3 Å². The second kappa shape index (κ2) is 5.05. The monoisotopic (exact) mass is 284 g/mol. The third-order valence-electron chi connectivity index (χ3n) is 3.56. The van der Waals surface area contributed by atoms with E-state index in [2.05, 4.69) is 15.5 Å². The summed E-state index contributed by atoms with van der Waals surface area (Å²) in [5, 5.41) is 9.50. The topological polar surface area (TPSA) is 78.1 Å². The van der Waals surface area contributed by atoms with Gasteiger partial charge in [-0.2, -0.15) is 5.10 Å². The summed E-state index contributed by atoms with van der Waals surface area (Å²) >= 11 is 0. The van der Waals surface area contributed by atoms with E-state index in [1.54, 1.807) is 24.0 Å². The Labute approximate surface area is 122 Å². The zero-order valence-electron chi connectivity index (χ0n) is 11.9. The van der Waals surface area contributed by atoms with E-state index in [-0.39, 0.29) is 11.8 Å². The molecule has 0 saturated carbocycles. The highest BCUT2D eigenvalue weighted by Crippen LogP contribution is 2.29. The lowest BCUT2D eigenvalue weighted by Crippen LogP contribution is -2.25. The van der Waals surface area contributed by atoms with E-state index in [9.17, 15) is 9.59 Å². The number of carbonyl (C=O) groups excluding carboxylic acids is 2. The number of anilines is 2. The minimum Gasteiger partial charge on any atom is -0.312 e. The molecule has 0 unspecified atom stereocenters. The van der Waals surface area contributed by atoms with Gasteiger partial charge in [-0.3, -0.25) is 14.7 Å². The predicted octanol–water partition coefficient (Wildman–Crippen LogP) is 1.88. The van der Waals surface area contributed by atoms with E-state index >= 15 is 0 Å². The van der Waals surface area contributed by atoms with Crippen LogP contribution >= 0.6 is 0 Å². The van der Waals surface area contributed by atoms with Crippen LogP contribution < -0.4 is 10.2 Å². The molecule has 0 radical (unpaired) electrons. The van der Waals surface area contributed by atoms with Crippen LogP contribution in [0, 0.1) is 6.92 Å². The zero-order chi connectivity index (χ0) is 15.0. The number of hydrogen-bond acceptors (Lipinski definition) is 3. The molecular formula is C15H16N4O2. The molecule has 0 spiro atoms. The average Bonchev–Trinajstić information content (AvgIpc) is 3.04. The number of nitrogens with one attached hydrogen (secondary N) is 2. The minimum atomic E-state index is -0.203. The molecule has 1 aromatic carbocycles. The standard InChI is InChI=1S/C15H16N4O2/c1-9-7-14(18-17-9)16-15(21)12-3-4-13-11(8-12)5-6-19(13)10(2)20/h3-4,7-8H,5-6H2,1-2H3,(H2,16,17,18,21). The van der Waals surface area contributed by atoms with Crippen molar-refractivity contribution in [2.24, 2.45) is 0 Å². The second-order valence-electron chi connectivity index (χ2n) is 5.15. The Bertz CT molecular complexity index is 720. The number of benzene rings is 1. The first-order valence-corrected chi connectivity index (χ1v) is 6.79. The normalized spacial score (nSPS) is 13.1. The van der Waals surface area contributed by atoms with Gasteiger partial charge in [0.15, 0.2) is 5.82 Å². The van der Waals surface area contributed by atoms with Crippen molar-refractivity contribution < 1.29 is 9.59 Å². The Balaban J connectivity index is 1.81. The van der Waals surface area contributed by atoms with Crippen LogP contribution in [0.5, 0.6) is 0 Å². The number of H-pyrrole nitrogens is 1.